The number of allylic oxidation sites excluding steroid dienone is 2. The van der Waals surface area contributed by atoms with Crippen molar-refractivity contribution in [2.24, 2.45) is 0 Å². The van der Waals surface area contributed by atoms with Crippen LogP contribution in [0.25, 0.3) is 0 Å². The van der Waals surface area contributed by atoms with Crippen LogP contribution in [-0.4, -0.2) is 22.4 Å². The van der Waals surface area contributed by atoms with E-state index in [4.69, 9.17) is 10.2 Å². The molecule has 0 saturated heterocycles. The fourth-order valence-electron chi connectivity index (χ4n) is 0.945. The van der Waals surface area contributed by atoms with Crippen LogP contribution in [0.5, 0.6) is 0 Å². The highest BCUT2D eigenvalue weighted by Gasteiger charge is 2.13. The van der Waals surface area contributed by atoms with Crippen LogP contribution in [0.4, 0.5) is 0 Å². The van der Waals surface area contributed by atoms with Gasteiger partial charge in [-0.25, -0.2) is 0 Å². The Morgan fingerprint density at radius 3 is 2.60 bits per heavy atom. The zero-order valence-electron chi connectivity index (χ0n) is 5.99. The van der Waals surface area contributed by atoms with Gasteiger partial charge in [0.15, 0.2) is 0 Å². The lowest BCUT2D eigenvalue weighted by Gasteiger charge is -2.15. The molecule has 0 unspecified atom stereocenters. The molecule has 1 rings (SSSR count). The second-order valence-corrected chi connectivity index (χ2v) is 2.44. The first-order chi connectivity index (χ1) is 4.74. The molecule has 0 spiro atoms. The highest BCUT2D eigenvalue weighted by molar-refractivity contribution is 5.26. The quantitative estimate of drug-likeness (QED) is 0.560. The molecule has 1 aliphatic carbocycles. The highest BCUT2D eigenvalue weighted by Crippen LogP contribution is 2.13. The third kappa shape index (κ3) is 1.46. The number of aliphatic hydroxyl groups is 2. The van der Waals surface area contributed by atoms with Gasteiger partial charge in [0.25, 0.3) is 0 Å². The Kier molecular flexibility index (Phi) is 2.25. The molecule has 2 atom stereocenters. The van der Waals surface area contributed by atoms with Gasteiger partial charge in [-0.05, 0) is 12.0 Å². The minimum absolute atomic E-state index is 0.708. The topological polar surface area (TPSA) is 40.5 Å². The van der Waals surface area contributed by atoms with Crippen LogP contribution in [0.2, 0.25) is 0 Å². The van der Waals surface area contributed by atoms with Gasteiger partial charge in [-0.2, -0.15) is 0 Å². The Morgan fingerprint density at radius 2 is 2.10 bits per heavy atom. The van der Waals surface area contributed by atoms with E-state index in [1.807, 2.05) is 13.0 Å². The van der Waals surface area contributed by atoms with Crippen LogP contribution < -0.4 is 0 Å². The van der Waals surface area contributed by atoms with Gasteiger partial charge < -0.3 is 10.2 Å². The van der Waals surface area contributed by atoms with E-state index >= 15 is 0 Å². The van der Waals surface area contributed by atoms with Crippen LogP contribution >= 0.6 is 0 Å². The summed E-state index contributed by atoms with van der Waals surface area (Å²) < 4.78 is 0. The van der Waals surface area contributed by atoms with Gasteiger partial charge >= 0.3 is 0 Å². The molecule has 0 aliphatic heterocycles. The van der Waals surface area contributed by atoms with Gasteiger partial charge in [0.05, 0.1) is 0 Å². The Hall–Kier alpha value is -0.600. The Morgan fingerprint density at radius 1 is 1.40 bits per heavy atom. The summed E-state index contributed by atoms with van der Waals surface area (Å²) in [5.74, 6) is 0. The predicted octanol–water partition coefficient (Wildman–Crippen LogP) is 0.614. The summed E-state index contributed by atoms with van der Waals surface area (Å²) in [6, 6.07) is 0. The van der Waals surface area contributed by atoms with E-state index in [1.54, 1.807) is 12.2 Å². The lowest BCUT2D eigenvalue weighted by molar-refractivity contribution is 0.0785. The summed E-state index contributed by atoms with van der Waals surface area (Å²) in [5, 5.41) is 18.1. The van der Waals surface area contributed by atoms with Crippen molar-refractivity contribution in [3.8, 4) is 0 Å². The second-order valence-electron chi connectivity index (χ2n) is 2.44. The summed E-state index contributed by atoms with van der Waals surface area (Å²) in [4.78, 5) is 0. The number of rotatable bonds is 1. The molecule has 0 amide bonds. The van der Waals surface area contributed by atoms with E-state index in [0.717, 1.165) is 12.0 Å². The third-order valence-electron chi connectivity index (χ3n) is 1.65. The molecule has 2 nitrogen and oxygen atoms in total. The summed E-state index contributed by atoms with van der Waals surface area (Å²) in [6.45, 7) is 2.01. The third-order valence-corrected chi connectivity index (χ3v) is 1.65. The molecule has 0 saturated carbocycles. The average Bonchev–Trinajstić information content (AvgIpc) is 1.95. The molecule has 0 aromatic rings. The lowest BCUT2D eigenvalue weighted by Crippen LogP contribution is -2.23. The zero-order chi connectivity index (χ0) is 7.56. The Bertz CT molecular complexity index is 170. The lowest BCUT2D eigenvalue weighted by atomic mass is 10.0. The van der Waals surface area contributed by atoms with E-state index in [1.165, 1.54) is 0 Å². The Labute approximate surface area is 60.5 Å². The van der Waals surface area contributed by atoms with Crippen molar-refractivity contribution in [3.05, 3.63) is 23.8 Å². The van der Waals surface area contributed by atoms with Gasteiger partial charge in [0, 0.05) is 0 Å². The van der Waals surface area contributed by atoms with Crippen LogP contribution in [-0.2, 0) is 0 Å². The van der Waals surface area contributed by atoms with Crippen molar-refractivity contribution < 1.29 is 10.2 Å². The number of hydrogen-bond acceptors (Lipinski definition) is 2. The first-order valence-electron chi connectivity index (χ1n) is 3.49. The minimum atomic E-state index is -0.713. The van der Waals surface area contributed by atoms with Gasteiger partial charge in [0.2, 0.25) is 0 Å². The molecule has 2 heteroatoms. The second kappa shape index (κ2) is 2.99. The van der Waals surface area contributed by atoms with Crippen molar-refractivity contribution in [1.29, 1.82) is 0 Å². The van der Waals surface area contributed by atoms with Crippen LogP contribution in [0, 0.1) is 0 Å². The van der Waals surface area contributed by atoms with Crippen molar-refractivity contribution in [2.45, 2.75) is 25.6 Å². The van der Waals surface area contributed by atoms with Gasteiger partial charge in [-0.3, -0.25) is 0 Å². The van der Waals surface area contributed by atoms with Crippen LogP contribution in [0.15, 0.2) is 23.8 Å². The smallest absolute Gasteiger partial charge is 0.102 e. The van der Waals surface area contributed by atoms with Crippen molar-refractivity contribution >= 4 is 0 Å². The Balaban J connectivity index is 2.66. The standard InChI is InChI=1S/C8H12O2/c1-2-6-3-4-7(9)8(10)5-6/h3-5,7-10H,2H2,1H3/t7-,8+/m1/s1. The van der Waals surface area contributed by atoms with Crippen LogP contribution in [0.1, 0.15) is 13.3 Å². The van der Waals surface area contributed by atoms with Crippen LogP contribution in [0.3, 0.4) is 0 Å². The van der Waals surface area contributed by atoms with Crippen molar-refractivity contribution in [3.63, 3.8) is 0 Å². The van der Waals surface area contributed by atoms with Gasteiger partial charge in [0.1, 0.15) is 12.2 Å². The van der Waals surface area contributed by atoms with E-state index in [-0.39, 0.29) is 0 Å². The molecular formula is C8H12O2. The fourth-order valence-corrected chi connectivity index (χ4v) is 0.945. The summed E-state index contributed by atoms with van der Waals surface area (Å²) in [5.41, 5.74) is 1.08. The largest absolute Gasteiger partial charge is 0.386 e. The first-order valence-corrected chi connectivity index (χ1v) is 3.49. The molecular weight excluding hydrogens is 128 g/mol. The van der Waals surface area contributed by atoms with E-state index in [0.29, 0.717) is 0 Å². The van der Waals surface area contributed by atoms with Crippen molar-refractivity contribution in [1.82, 2.24) is 0 Å². The fraction of sp³-hybridized carbons (Fsp3) is 0.500. The highest BCUT2D eigenvalue weighted by atomic mass is 16.3. The average molecular weight is 140 g/mol. The molecule has 0 aromatic carbocycles. The molecule has 0 radical (unpaired) electrons. The molecule has 0 heterocycles. The monoisotopic (exact) mass is 140 g/mol. The molecule has 0 aromatic heterocycles. The van der Waals surface area contributed by atoms with E-state index in [9.17, 15) is 0 Å². The SMILES string of the molecule is CCC1=C[C@H](O)[C@H](O)C=C1. The van der Waals surface area contributed by atoms with Gasteiger partial charge in [-0.1, -0.05) is 25.2 Å². The maximum absolute atomic E-state index is 9.10. The normalized spacial score (nSPS) is 32.1. The summed E-state index contributed by atoms with van der Waals surface area (Å²) in [6.07, 6.45) is 4.63. The summed E-state index contributed by atoms with van der Waals surface area (Å²) in [7, 11) is 0. The maximum atomic E-state index is 9.10. The zero-order valence-corrected chi connectivity index (χ0v) is 5.99. The molecule has 56 valence electrons. The van der Waals surface area contributed by atoms with E-state index < -0.39 is 12.2 Å². The summed E-state index contributed by atoms with van der Waals surface area (Å²) >= 11 is 0. The molecule has 10 heavy (non-hydrogen) atoms. The molecule has 1 aliphatic rings. The minimum Gasteiger partial charge on any atom is -0.386 e. The first kappa shape index (κ1) is 7.51. The van der Waals surface area contributed by atoms with Gasteiger partial charge in [-0.15, -0.1) is 0 Å². The molecule has 0 bridgehead atoms. The van der Waals surface area contributed by atoms with E-state index in [2.05, 4.69) is 0 Å². The van der Waals surface area contributed by atoms with Crippen molar-refractivity contribution in [2.75, 3.05) is 0 Å². The maximum Gasteiger partial charge on any atom is 0.102 e. The molecule has 0 fully saturated rings. The number of hydrogen-bond donors (Lipinski definition) is 2. The molecule has 2 N–H and O–H groups in total. The predicted molar refractivity (Wildman–Crippen MR) is 39.5 cm³/mol. The number of aliphatic hydroxyl groups excluding tert-OH is 2.